The van der Waals surface area contributed by atoms with Gasteiger partial charge in [0.15, 0.2) is 0 Å². The molecule has 2 N–H and O–H groups in total. The zero-order chi connectivity index (χ0) is 13.0. The normalized spacial score (nSPS) is 25.7. The lowest BCUT2D eigenvalue weighted by molar-refractivity contribution is 0.0891. The molecule has 3 atom stereocenters. The molecule has 0 aliphatic heterocycles. The van der Waals surface area contributed by atoms with Crippen molar-refractivity contribution in [3.05, 3.63) is 29.8 Å². The fourth-order valence-electron chi connectivity index (χ4n) is 2.92. The molecule has 1 aliphatic rings. The van der Waals surface area contributed by atoms with Crippen molar-refractivity contribution in [3.8, 4) is 5.75 Å². The molecule has 2 unspecified atom stereocenters. The highest BCUT2D eigenvalue weighted by atomic mass is 16.5. The minimum absolute atomic E-state index is 0.0323. The lowest BCUT2D eigenvalue weighted by Gasteiger charge is -2.32. The smallest absolute Gasteiger partial charge is 0.124 e. The van der Waals surface area contributed by atoms with Gasteiger partial charge in [0.05, 0.1) is 0 Å². The third-order valence-corrected chi connectivity index (χ3v) is 4.05. The summed E-state index contributed by atoms with van der Waals surface area (Å²) in [6, 6.07) is 8.23. The molecule has 2 rings (SSSR count). The summed E-state index contributed by atoms with van der Waals surface area (Å²) in [6.07, 6.45) is 6.73. The Morgan fingerprint density at radius 3 is 2.72 bits per heavy atom. The SMILES string of the molecule is CCC1CCCCC1Oc1ccccc1[C@H](C)N. The Bertz CT molecular complexity index is 375. The fourth-order valence-corrected chi connectivity index (χ4v) is 2.92. The molecular weight excluding hydrogens is 222 g/mol. The molecule has 1 aromatic rings. The number of nitrogens with two attached hydrogens (primary N) is 1. The summed E-state index contributed by atoms with van der Waals surface area (Å²) in [5, 5.41) is 0. The number of hydrogen-bond acceptors (Lipinski definition) is 2. The van der Waals surface area contributed by atoms with Crippen LogP contribution in [-0.2, 0) is 0 Å². The summed E-state index contributed by atoms with van der Waals surface area (Å²) < 4.78 is 6.27. The van der Waals surface area contributed by atoms with Crippen LogP contribution in [0.15, 0.2) is 24.3 Å². The Balaban J connectivity index is 2.12. The molecule has 0 amide bonds. The van der Waals surface area contributed by atoms with Gasteiger partial charge in [0.1, 0.15) is 11.9 Å². The van der Waals surface area contributed by atoms with Crippen LogP contribution < -0.4 is 10.5 Å². The first kappa shape index (κ1) is 13.4. The number of benzene rings is 1. The van der Waals surface area contributed by atoms with Crippen LogP contribution in [0.4, 0.5) is 0 Å². The molecule has 2 heteroatoms. The number of para-hydroxylation sites is 1. The molecule has 0 radical (unpaired) electrons. The van der Waals surface area contributed by atoms with Crippen molar-refractivity contribution in [2.24, 2.45) is 11.7 Å². The van der Waals surface area contributed by atoms with Crippen molar-refractivity contribution >= 4 is 0 Å². The van der Waals surface area contributed by atoms with Gasteiger partial charge in [-0.3, -0.25) is 0 Å². The Kier molecular flexibility index (Phi) is 4.65. The zero-order valence-corrected chi connectivity index (χ0v) is 11.6. The van der Waals surface area contributed by atoms with Gasteiger partial charge in [0.2, 0.25) is 0 Å². The van der Waals surface area contributed by atoms with Crippen molar-refractivity contribution in [1.82, 2.24) is 0 Å². The maximum atomic E-state index is 6.27. The summed E-state index contributed by atoms with van der Waals surface area (Å²) >= 11 is 0. The van der Waals surface area contributed by atoms with Crippen LogP contribution in [0.25, 0.3) is 0 Å². The van der Waals surface area contributed by atoms with E-state index in [2.05, 4.69) is 19.1 Å². The molecular formula is C16H25NO. The highest BCUT2D eigenvalue weighted by Crippen LogP contribution is 2.32. The Morgan fingerprint density at radius 1 is 1.28 bits per heavy atom. The Hall–Kier alpha value is -1.02. The lowest BCUT2D eigenvalue weighted by Crippen LogP contribution is -2.30. The standard InChI is InChI=1S/C16H25NO/c1-3-13-8-4-6-10-15(13)18-16-11-7-5-9-14(16)12(2)17/h5,7,9,11-13,15H,3-4,6,8,10,17H2,1-2H3/t12-,13?,15?/m0/s1. The predicted octanol–water partition coefficient (Wildman–Crippen LogP) is 4.05. The number of ether oxygens (including phenoxy) is 1. The van der Waals surface area contributed by atoms with Gasteiger partial charge < -0.3 is 10.5 Å². The molecule has 1 aliphatic carbocycles. The van der Waals surface area contributed by atoms with Crippen molar-refractivity contribution in [3.63, 3.8) is 0 Å². The largest absolute Gasteiger partial charge is 0.490 e. The molecule has 1 aromatic carbocycles. The van der Waals surface area contributed by atoms with E-state index in [4.69, 9.17) is 10.5 Å². The summed E-state index contributed by atoms with van der Waals surface area (Å²) in [5.74, 6) is 1.69. The van der Waals surface area contributed by atoms with E-state index in [-0.39, 0.29) is 6.04 Å². The van der Waals surface area contributed by atoms with E-state index in [1.54, 1.807) is 0 Å². The highest BCUT2D eigenvalue weighted by molar-refractivity contribution is 5.35. The van der Waals surface area contributed by atoms with Crippen LogP contribution in [0, 0.1) is 5.92 Å². The van der Waals surface area contributed by atoms with Gasteiger partial charge in [-0.15, -0.1) is 0 Å². The molecule has 1 saturated carbocycles. The van der Waals surface area contributed by atoms with Crippen LogP contribution in [-0.4, -0.2) is 6.10 Å². The van der Waals surface area contributed by atoms with Gasteiger partial charge in [-0.2, -0.15) is 0 Å². The van der Waals surface area contributed by atoms with Crippen molar-refractivity contribution in [2.45, 2.75) is 58.1 Å². The predicted molar refractivity (Wildman–Crippen MR) is 75.7 cm³/mol. The molecule has 2 nitrogen and oxygen atoms in total. The lowest BCUT2D eigenvalue weighted by atomic mass is 9.84. The van der Waals surface area contributed by atoms with Gasteiger partial charge in [-0.25, -0.2) is 0 Å². The maximum absolute atomic E-state index is 6.27. The van der Waals surface area contributed by atoms with E-state index in [1.165, 1.54) is 32.1 Å². The van der Waals surface area contributed by atoms with Crippen molar-refractivity contribution in [2.75, 3.05) is 0 Å². The summed E-state index contributed by atoms with van der Waals surface area (Å²) in [5.41, 5.74) is 7.13. The van der Waals surface area contributed by atoms with Crippen LogP contribution in [0.3, 0.4) is 0 Å². The van der Waals surface area contributed by atoms with Crippen LogP contribution in [0.1, 0.15) is 57.6 Å². The van der Waals surface area contributed by atoms with E-state index in [0.717, 1.165) is 11.3 Å². The summed E-state index contributed by atoms with van der Waals surface area (Å²) in [7, 11) is 0. The average molecular weight is 247 g/mol. The molecule has 0 saturated heterocycles. The van der Waals surface area contributed by atoms with E-state index >= 15 is 0 Å². The third-order valence-electron chi connectivity index (χ3n) is 4.05. The van der Waals surface area contributed by atoms with Crippen molar-refractivity contribution in [1.29, 1.82) is 0 Å². The summed E-state index contributed by atoms with van der Waals surface area (Å²) in [4.78, 5) is 0. The topological polar surface area (TPSA) is 35.2 Å². The second-order valence-electron chi connectivity index (χ2n) is 5.44. The van der Waals surface area contributed by atoms with E-state index in [0.29, 0.717) is 12.0 Å². The Morgan fingerprint density at radius 2 is 2.00 bits per heavy atom. The quantitative estimate of drug-likeness (QED) is 0.871. The second-order valence-corrected chi connectivity index (χ2v) is 5.44. The molecule has 0 heterocycles. The third kappa shape index (κ3) is 3.05. The first-order chi connectivity index (χ1) is 8.72. The average Bonchev–Trinajstić information content (AvgIpc) is 2.40. The highest BCUT2D eigenvalue weighted by Gasteiger charge is 2.26. The number of hydrogen-bond donors (Lipinski definition) is 1. The van der Waals surface area contributed by atoms with E-state index in [1.807, 2.05) is 19.1 Å². The van der Waals surface area contributed by atoms with Crippen molar-refractivity contribution < 1.29 is 4.74 Å². The molecule has 1 fully saturated rings. The Labute approximate surface area is 111 Å². The first-order valence-electron chi connectivity index (χ1n) is 7.23. The molecule has 18 heavy (non-hydrogen) atoms. The van der Waals surface area contributed by atoms with E-state index in [9.17, 15) is 0 Å². The van der Waals surface area contributed by atoms with Gasteiger partial charge in [0.25, 0.3) is 0 Å². The molecule has 0 aromatic heterocycles. The number of rotatable bonds is 4. The van der Waals surface area contributed by atoms with E-state index < -0.39 is 0 Å². The molecule has 0 bridgehead atoms. The van der Waals surface area contributed by atoms with Gasteiger partial charge in [0, 0.05) is 11.6 Å². The molecule has 0 spiro atoms. The van der Waals surface area contributed by atoms with Gasteiger partial charge >= 0.3 is 0 Å². The van der Waals surface area contributed by atoms with Crippen LogP contribution in [0.2, 0.25) is 0 Å². The van der Waals surface area contributed by atoms with Crippen LogP contribution in [0.5, 0.6) is 5.75 Å². The fraction of sp³-hybridized carbons (Fsp3) is 0.625. The minimum atomic E-state index is 0.0323. The summed E-state index contributed by atoms with van der Waals surface area (Å²) in [6.45, 7) is 4.28. The second kappa shape index (κ2) is 6.24. The monoisotopic (exact) mass is 247 g/mol. The first-order valence-corrected chi connectivity index (χ1v) is 7.23. The maximum Gasteiger partial charge on any atom is 0.124 e. The van der Waals surface area contributed by atoms with Crippen LogP contribution >= 0.6 is 0 Å². The molecule has 100 valence electrons. The minimum Gasteiger partial charge on any atom is -0.490 e. The van der Waals surface area contributed by atoms with Gasteiger partial charge in [-0.1, -0.05) is 31.5 Å². The van der Waals surface area contributed by atoms with Gasteiger partial charge in [-0.05, 0) is 44.6 Å². The zero-order valence-electron chi connectivity index (χ0n) is 11.6.